The van der Waals surface area contributed by atoms with Crippen LogP contribution in [0.5, 0.6) is 0 Å². The van der Waals surface area contributed by atoms with E-state index in [1.165, 1.54) is 12.2 Å². The van der Waals surface area contributed by atoms with Gasteiger partial charge >= 0.3 is 0 Å². The Morgan fingerprint density at radius 2 is 0.969 bits per heavy atom. The molecule has 0 heterocycles. The monoisotopic (exact) mass is 422 g/mol. The van der Waals surface area contributed by atoms with Gasteiger partial charge in [-0.05, 0) is 46.5 Å². The fourth-order valence-corrected chi connectivity index (χ4v) is 4.09. The molecule has 160 valence electrons. The molecule has 4 aromatic rings. The van der Waals surface area contributed by atoms with Gasteiger partial charge in [-0.3, -0.25) is 9.59 Å². The molecule has 4 nitrogen and oxygen atoms in total. The topological polar surface area (TPSA) is 58.2 Å². The largest absolute Gasteiger partial charge is 0.346 e. The van der Waals surface area contributed by atoms with Crippen LogP contribution in [0.4, 0.5) is 0 Å². The standard InChI is InChI=1S/C28H26N2O2/c1-19(23-15-7-11-21-9-3-5-13-25(21)23)29-27(31)17-18-28(32)30-20(2)24-16-8-12-22-10-4-6-14-26(22)24/h3-20H,1-2H3,(H,29,31)(H,30,32)/b18-17+/t19-,20-/m0/s1. The Labute approximate surface area is 188 Å². The molecule has 2 N–H and O–H groups in total. The van der Waals surface area contributed by atoms with Crippen molar-refractivity contribution in [3.05, 3.63) is 108 Å². The Kier molecular flexibility index (Phi) is 6.31. The van der Waals surface area contributed by atoms with Gasteiger partial charge < -0.3 is 10.6 Å². The van der Waals surface area contributed by atoms with Gasteiger partial charge in [-0.25, -0.2) is 0 Å². The molecule has 0 unspecified atom stereocenters. The van der Waals surface area contributed by atoms with E-state index >= 15 is 0 Å². The average molecular weight is 423 g/mol. The van der Waals surface area contributed by atoms with Crippen LogP contribution in [0.1, 0.15) is 37.1 Å². The zero-order valence-corrected chi connectivity index (χ0v) is 18.2. The summed E-state index contributed by atoms with van der Waals surface area (Å²) in [6, 6.07) is 27.9. The number of rotatable bonds is 6. The van der Waals surface area contributed by atoms with Gasteiger partial charge in [-0.1, -0.05) is 84.9 Å². The molecule has 0 aliphatic rings. The van der Waals surface area contributed by atoms with Crippen molar-refractivity contribution in [2.75, 3.05) is 0 Å². The normalized spacial score (nSPS) is 13.2. The Balaban J connectivity index is 1.39. The fourth-order valence-electron chi connectivity index (χ4n) is 4.09. The smallest absolute Gasteiger partial charge is 0.244 e. The molecule has 32 heavy (non-hydrogen) atoms. The first-order chi connectivity index (χ1) is 15.5. The fraction of sp³-hybridized carbons (Fsp3) is 0.143. The van der Waals surface area contributed by atoms with Crippen LogP contribution >= 0.6 is 0 Å². The number of carbonyl (C=O) groups is 2. The molecule has 0 bridgehead atoms. The van der Waals surface area contributed by atoms with Gasteiger partial charge in [0.05, 0.1) is 12.1 Å². The van der Waals surface area contributed by atoms with Gasteiger partial charge in [0.1, 0.15) is 0 Å². The van der Waals surface area contributed by atoms with Crippen molar-refractivity contribution < 1.29 is 9.59 Å². The van der Waals surface area contributed by atoms with E-state index in [1.54, 1.807) is 0 Å². The minimum Gasteiger partial charge on any atom is -0.346 e. The summed E-state index contributed by atoms with van der Waals surface area (Å²) >= 11 is 0. The van der Waals surface area contributed by atoms with Crippen LogP contribution < -0.4 is 10.6 Å². The summed E-state index contributed by atoms with van der Waals surface area (Å²) in [4.78, 5) is 24.8. The lowest BCUT2D eigenvalue weighted by molar-refractivity contribution is -0.119. The number of hydrogen-bond acceptors (Lipinski definition) is 2. The van der Waals surface area contributed by atoms with E-state index in [2.05, 4.69) is 34.9 Å². The highest BCUT2D eigenvalue weighted by Crippen LogP contribution is 2.25. The maximum Gasteiger partial charge on any atom is 0.244 e. The van der Waals surface area contributed by atoms with Crippen molar-refractivity contribution in [1.29, 1.82) is 0 Å². The number of amides is 2. The Hall–Kier alpha value is -3.92. The van der Waals surface area contributed by atoms with E-state index in [0.717, 1.165) is 32.7 Å². The third-order valence-electron chi connectivity index (χ3n) is 5.68. The van der Waals surface area contributed by atoms with E-state index in [4.69, 9.17) is 0 Å². The Morgan fingerprint density at radius 3 is 1.41 bits per heavy atom. The van der Waals surface area contributed by atoms with Crippen LogP contribution in [-0.2, 0) is 9.59 Å². The maximum atomic E-state index is 12.4. The van der Waals surface area contributed by atoms with Gasteiger partial charge in [0.2, 0.25) is 11.8 Å². The molecule has 0 fully saturated rings. The van der Waals surface area contributed by atoms with Gasteiger partial charge in [0.15, 0.2) is 0 Å². The molecule has 0 aromatic heterocycles. The molecule has 0 aliphatic carbocycles. The molecule has 0 saturated heterocycles. The lowest BCUT2D eigenvalue weighted by atomic mass is 9.99. The highest BCUT2D eigenvalue weighted by atomic mass is 16.2. The third kappa shape index (κ3) is 4.70. The molecule has 2 amide bonds. The van der Waals surface area contributed by atoms with Crippen molar-refractivity contribution in [1.82, 2.24) is 10.6 Å². The highest BCUT2D eigenvalue weighted by Gasteiger charge is 2.13. The molecule has 4 rings (SSSR count). The summed E-state index contributed by atoms with van der Waals surface area (Å²) < 4.78 is 0. The predicted octanol–water partition coefficient (Wildman–Crippen LogP) is 5.60. The SMILES string of the molecule is C[C@H](NC(=O)/C=C/C(=O)N[C@@H](C)c1cccc2ccccc12)c1cccc2ccccc12. The number of hydrogen-bond donors (Lipinski definition) is 2. The second-order valence-electron chi connectivity index (χ2n) is 7.93. The first-order valence-electron chi connectivity index (χ1n) is 10.8. The molecule has 0 radical (unpaired) electrons. The van der Waals surface area contributed by atoms with Crippen molar-refractivity contribution in [2.24, 2.45) is 0 Å². The number of fused-ring (bicyclic) bond motifs is 2. The molecule has 0 spiro atoms. The van der Waals surface area contributed by atoms with E-state index in [-0.39, 0.29) is 23.9 Å². The second-order valence-corrected chi connectivity index (χ2v) is 7.93. The van der Waals surface area contributed by atoms with Crippen LogP contribution in [0.2, 0.25) is 0 Å². The summed E-state index contributed by atoms with van der Waals surface area (Å²) in [5, 5.41) is 10.4. The van der Waals surface area contributed by atoms with E-state index in [1.807, 2.05) is 74.5 Å². The summed E-state index contributed by atoms with van der Waals surface area (Å²) in [6.45, 7) is 3.88. The zero-order chi connectivity index (χ0) is 22.5. The van der Waals surface area contributed by atoms with Gasteiger partial charge in [0.25, 0.3) is 0 Å². The summed E-state index contributed by atoms with van der Waals surface area (Å²) in [6.07, 6.45) is 2.57. The first-order valence-corrected chi connectivity index (χ1v) is 10.8. The van der Waals surface area contributed by atoms with Crippen molar-refractivity contribution >= 4 is 33.4 Å². The lowest BCUT2D eigenvalue weighted by Gasteiger charge is -2.16. The molecule has 0 saturated carbocycles. The molecular formula is C28H26N2O2. The summed E-state index contributed by atoms with van der Waals surface area (Å²) in [5.74, 6) is -0.614. The van der Waals surface area contributed by atoms with Crippen LogP contribution in [0.15, 0.2) is 97.1 Å². The first kappa shape index (κ1) is 21.3. The predicted molar refractivity (Wildman–Crippen MR) is 130 cm³/mol. The summed E-state index contributed by atoms with van der Waals surface area (Å²) in [7, 11) is 0. The molecule has 4 heteroatoms. The van der Waals surface area contributed by atoms with Crippen molar-refractivity contribution in [2.45, 2.75) is 25.9 Å². The lowest BCUT2D eigenvalue weighted by Crippen LogP contribution is -2.27. The van der Waals surface area contributed by atoms with Gasteiger partial charge in [-0.15, -0.1) is 0 Å². The van der Waals surface area contributed by atoms with Crippen LogP contribution in [-0.4, -0.2) is 11.8 Å². The molecular weight excluding hydrogens is 396 g/mol. The number of benzene rings is 4. The Bertz CT molecular complexity index is 1200. The maximum absolute atomic E-state index is 12.4. The minimum atomic E-state index is -0.307. The van der Waals surface area contributed by atoms with Crippen LogP contribution in [0.3, 0.4) is 0 Å². The van der Waals surface area contributed by atoms with E-state index in [0.29, 0.717) is 0 Å². The highest BCUT2D eigenvalue weighted by molar-refractivity contribution is 5.97. The van der Waals surface area contributed by atoms with E-state index in [9.17, 15) is 9.59 Å². The quantitative estimate of drug-likeness (QED) is 0.397. The van der Waals surface area contributed by atoms with Crippen LogP contribution in [0.25, 0.3) is 21.5 Å². The van der Waals surface area contributed by atoms with Gasteiger partial charge in [-0.2, -0.15) is 0 Å². The Morgan fingerprint density at radius 1 is 0.594 bits per heavy atom. The third-order valence-corrected chi connectivity index (χ3v) is 5.68. The summed E-state index contributed by atoms with van der Waals surface area (Å²) in [5.41, 5.74) is 2.08. The molecule has 0 aliphatic heterocycles. The van der Waals surface area contributed by atoms with Crippen LogP contribution in [0, 0.1) is 0 Å². The van der Waals surface area contributed by atoms with E-state index < -0.39 is 0 Å². The van der Waals surface area contributed by atoms with Crippen molar-refractivity contribution in [3.63, 3.8) is 0 Å². The minimum absolute atomic E-state index is 0.184. The number of carbonyl (C=O) groups excluding carboxylic acids is 2. The second kappa shape index (κ2) is 9.48. The molecule has 2 atom stereocenters. The molecule has 4 aromatic carbocycles. The number of nitrogens with one attached hydrogen (secondary N) is 2. The zero-order valence-electron chi connectivity index (χ0n) is 18.2. The average Bonchev–Trinajstić information content (AvgIpc) is 2.82. The van der Waals surface area contributed by atoms with Crippen molar-refractivity contribution in [3.8, 4) is 0 Å². The van der Waals surface area contributed by atoms with Gasteiger partial charge in [0, 0.05) is 12.2 Å².